The van der Waals surface area contributed by atoms with Gasteiger partial charge in [0.1, 0.15) is 35.4 Å². The lowest BCUT2D eigenvalue weighted by molar-refractivity contribution is 0.415. The maximum Gasteiger partial charge on any atom is 0.149 e. The van der Waals surface area contributed by atoms with E-state index < -0.39 is 0 Å². The van der Waals surface area contributed by atoms with Crippen molar-refractivity contribution in [3.05, 3.63) is 76.0 Å². The zero-order valence-corrected chi connectivity index (χ0v) is 16.2. The minimum absolute atomic E-state index is 0.105. The van der Waals surface area contributed by atoms with Crippen LogP contribution in [0.2, 0.25) is 5.02 Å². The Labute approximate surface area is 173 Å². The van der Waals surface area contributed by atoms with Gasteiger partial charge in [0.15, 0.2) is 0 Å². The van der Waals surface area contributed by atoms with Crippen molar-refractivity contribution in [2.45, 2.75) is 6.42 Å². The van der Waals surface area contributed by atoms with Crippen molar-refractivity contribution < 1.29 is 4.74 Å². The van der Waals surface area contributed by atoms with E-state index in [1.807, 2.05) is 12.1 Å². The highest BCUT2D eigenvalue weighted by atomic mass is 35.5. The van der Waals surface area contributed by atoms with E-state index in [1.165, 1.54) is 4.90 Å². The van der Waals surface area contributed by atoms with Crippen molar-refractivity contribution in [3.8, 4) is 24.0 Å². The first-order chi connectivity index (χ1) is 14.0. The van der Waals surface area contributed by atoms with Crippen LogP contribution in [0.25, 0.3) is 5.57 Å². The molecule has 7 heteroatoms. The first-order valence-corrected chi connectivity index (χ1v) is 8.87. The molecule has 2 aromatic rings. The van der Waals surface area contributed by atoms with Gasteiger partial charge in [-0.05, 0) is 47.5 Å². The summed E-state index contributed by atoms with van der Waals surface area (Å²) in [6.07, 6.45) is 0.148. The second kappa shape index (κ2) is 8.31. The molecule has 0 unspecified atom stereocenters. The molecule has 0 aromatic heterocycles. The highest BCUT2D eigenvalue weighted by Crippen LogP contribution is 2.38. The number of hydrogen-bond acceptors (Lipinski definition) is 5. The number of allylic oxidation sites excluding steroid dienone is 2. The van der Waals surface area contributed by atoms with Crippen molar-refractivity contribution in [2.24, 2.45) is 0 Å². The van der Waals surface area contributed by atoms with E-state index in [2.05, 4.69) is 6.07 Å². The van der Waals surface area contributed by atoms with E-state index in [4.69, 9.17) is 21.7 Å². The van der Waals surface area contributed by atoms with Crippen LogP contribution in [0.15, 0.2) is 65.4 Å². The van der Waals surface area contributed by atoms with Crippen LogP contribution in [0.5, 0.6) is 5.75 Å². The lowest BCUT2D eigenvalue weighted by atomic mass is 9.89. The topological polar surface area (TPSA) is 108 Å². The van der Waals surface area contributed by atoms with Crippen LogP contribution in [0.1, 0.15) is 12.0 Å². The number of amidine groups is 1. The number of anilines is 1. The maximum absolute atomic E-state index is 9.77. The number of hydrogen-bond donors (Lipinski definition) is 1. The summed E-state index contributed by atoms with van der Waals surface area (Å²) < 4.78 is 5.17. The summed E-state index contributed by atoms with van der Waals surface area (Å²) in [6, 6.07) is 19.6. The molecule has 1 heterocycles. The second-order valence-corrected chi connectivity index (χ2v) is 6.51. The lowest BCUT2D eigenvalue weighted by Crippen LogP contribution is -2.35. The molecule has 2 aromatic carbocycles. The number of ether oxygens (including phenoxy) is 1. The third-order valence-electron chi connectivity index (χ3n) is 4.52. The SMILES string of the molecule is COc1ccc(N2C(=N)C(C#N)=C(c3ccc(Cl)cc3)CC2=C(C#N)C#N)cc1. The van der Waals surface area contributed by atoms with E-state index in [0.717, 1.165) is 0 Å². The number of nitriles is 3. The summed E-state index contributed by atoms with van der Waals surface area (Å²) in [6.45, 7) is 0. The van der Waals surface area contributed by atoms with Crippen LogP contribution in [0.4, 0.5) is 5.69 Å². The first kappa shape index (κ1) is 19.7. The summed E-state index contributed by atoms with van der Waals surface area (Å²) in [5.41, 5.74) is 2.22. The van der Waals surface area contributed by atoms with Crippen LogP contribution in [0, 0.1) is 39.4 Å². The fraction of sp³-hybridized carbons (Fsp3) is 0.0909. The monoisotopic (exact) mass is 399 g/mol. The number of nitrogens with one attached hydrogen (secondary N) is 1. The van der Waals surface area contributed by atoms with Crippen LogP contribution in [-0.2, 0) is 0 Å². The van der Waals surface area contributed by atoms with Gasteiger partial charge >= 0.3 is 0 Å². The fourth-order valence-electron chi connectivity index (χ4n) is 3.11. The van der Waals surface area contributed by atoms with E-state index >= 15 is 0 Å². The summed E-state index contributed by atoms with van der Waals surface area (Å²) in [5.74, 6) is 0.522. The quantitative estimate of drug-likeness (QED) is 0.744. The van der Waals surface area contributed by atoms with Crippen LogP contribution < -0.4 is 9.64 Å². The predicted octanol–water partition coefficient (Wildman–Crippen LogP) is 4.81. The minimum Gasteiger partial charge on any atom is -0.497 e. The molecule has 0 fully saturated rings. The van der Waals surface area contributed by atoms with Crippen molar-refractivity contribution in [1.82, 2.24) is 0 Å². The predicted molar refractivity (Wildman–Crippen MR) is 110 cm³/mol. The molecule has 1 aliphatic rings. The molecule has 29 heavy (non-hydrogen) atoms. The van der Waals surface area contributed by atoms with Crippen molar-refractivity contribution in [2.75, 3.05) is 12.0 Å². The molecule has 1 aliphatic heterocycles. The Bertz CT molecular complexity index is 1140. The molecule has 0 spiro atoms. The Morgan fingerprint density at radius 1 is 1.03 bits per heavy atom. The number of methoxy groups -OCH3 is 1. The Balaban J connectivity index is 2.24. The average Bonchev–Trinajstić information content (AvgIpc) is 2.75. The molecule has 0 radical (unpaired) electrons. The van der Waals surface area contributed by atoms with Gasteiger partial charge < -0.3 is 4.74 Å². The average molecular weight is 400 g/mol. The van der Waals surface area contributed by atoms with Gasteiger partial charge in [-0.2, -0.15) is 15.8 Å². The van der Waals surface area contributed by atoms with Crippen LogP contribution in [-0.4, -0.2) is 12.9 Å². The van der Waals surface area contributed by atoms with Crippen molar-refractivity contribution in [1.29, 1.82) is 21.2 Å². The Hall–Kier alpha value is -4.05. The molecule has 1 N–H and O–H groups in total. The van der Waals surface area contributed by atoms with Gasteiger partial charge in [0.25, 0.3) is 0 Å². The zero-order chi connectivity index (χ0) is 21.0. The largest absolute Gasteiger partial charge is 0.497 e. The number of benzene rings is 2. The summed E-state index contributed by atoms with van der Waals surface area (Å²) >= 11 is 5.96. The van der Waals surface area contributed by atoms with Gasteiger partial charge in [0.2, 0.25) is 0 Å². The molecule has 0 saturated heterocycles. The molecular weight excluding hydrogens is 386 g/mol. The van der Waals surface area contributed by atoms with Crippen LogP contribution in [0.3, 0.4) is 0 Å². The van der Waals surface area contributed by atoms with Gasteiger partial charge in [-0.15, -0.1) is 0 Å². The summed E-state index contributed by atoms with van der Waals surface area (Å²) in [7, 11) is 1.54. The van der Waals surface area contributed by atoms with Gasteiger partial charge in [-0.3, -0.25) is 10.3 Å². The molecule has 0 bridgehead atoms. The summed E-state index contributed by atoms with van der Waals surface area (Å²) in [4.78, 5) is 1.46. The fourth-order valence-corrected chi connectivity index (χ4v) is 3.24. The van der Waals surface area contributed by atoms with Gasteiger partial charge in [-0.1, -0.05) is 23.7 Å². The van der Waals surface area contributed by atoms with Gasteiger partial charge in [-0.25, -0.2) is 0 Å². The maximum atomic E-state index is 9.77. The van der Waals surface area contributed by atoms with E-state index in [0.29, 0.717) is 33.3 Å². The van der Waals surface area contributed by atoms with Crippen molar-refractivity contribution in [3.63, 3.8) is 0 Å². The number of halogens is 1. The second-order valence-electron chi connectivity index (χ2n) is 6.08. The smallest absolute Gasteiger partial charge is 0.149 e. The minimum atomic E-state index is -0.117. The molecule has 0 amide bonds. The zero-order valence-electron chi connectivity index (χ0n) is 15.4. The van der Waals surface area contributed by atoms with Gasteiger partial charge in [0, 0.05) is 17.1 Å². The molecule has 0 atom stereocenters. The molecular formula is C22H14ClN5O. The third kappa shape index (κ3) is 3.69. The molecule has 6 nitrogen and oxygen atoms in total. The normalized spacial score (nSPS) is 13.4. The molecule has 0 aliphatic carbocycles. The molecule has 0 saturated carbocycles. The number of nitrogens with zero attached hydrogens (tertiary/aromatic N) is 4. The van der Waals surface area contributed by atoms with E-state index in [1.54, 1.807) is 55.6 Å². The Morgan fingerprint density at radius 3 is 2.17 bits per heavy atom. The lowest BCUT2D eigenvalue weighted by Gasteiger charge is -2.33. The van der Waals surface area contributed by atoms with Crippen LogP contribution >= 0.6 is 11.6 Å². The Morgan fingerprint density at radius 2 is 1.66 bits per heavy atom. The van der Waals surface area contributed by atoms with Gasteiger partial charge in [0.05, 0.1) is 18.4 Å². The standard InChI is InChI=1S/C22H14ClN5O/c1-29-18-8-6-17(7-9-18)28-21(15(11-24)12-25)10-19(20(13-26)22(28)27)14-2-4-16(23)5-3-14/h2-9,27H,10H2,1H3. The highest BCUT2D eigenvalue weighted by Gasteiger charge is 2.32. The molecule has 3 rings (SSSR count). The summed E-state index contributed by atoms with van der Waals surface area (Å²) in [5, 5.41) is 37.9. The van der Waals surface area contributed by atoms with Crippen molar-refractivity contribution >= 4 is 28.7 Å². The number of rotatable bonds is 3. The molecule has 140 valence electrons. The van der Waals surface area contributed by atoms with E-state index in [9.17, 15) is 15.8 Å². The highest BCUT2D eigenvalue weighted by molar-refractivity contribution is 6.30. The van der Waals surface area contributed by atoms with E-state index in [-0.39, 0.29) is 23.4 Å². The Kier molecular flexibility index (Phi) is 5.65. The third-order valence-corrected chi connectivity index (χ3v) is 4.78. The first-order valence-electron chi connectivity index (χ1n) is 8.49.